The van der Waals surface area contributed by atoms with Crippen LogP contribution in [0.5, 0.6) is 0 Å². The van der Waals surface area contributed by atoms with E-state index in [-0.39, 0.29) is 5.95 Å². The zero-order chi connectivity index (χ0) is 22.7. The number of anilines is 3. The highest BCUT2D eigenvalue weighted by Crippen LogP contribution is 2.29. The van der Waals surface area contributed by atoms with Gasteiger partial charge in [0.15, 0.2) is 0 Å². The quantitative estimate of drug-likeness (QED) is 0.460. The zero-order valence-corrected chi connectivity index (χ0v) is 17.2. The standard InChI is InChI=1S/C21H19F3N8/c1-13-7-15(9-16(8-13)30-20-25-6-5-17(31-20)21(22,23)24)14-3-4-18(26-10-14)27-11-19-28-12-29-32(19)2/h3-10,12H,11H2,1-2H3,(H,26,27)(H,25,30,31). The van der Waals surface area contributed by atoms with Gasteiger partial charge >= 0.3 is 6.18 Å². The SMILES string of the molecule is Cc1cc(Nc2nccc(C(F)(F)F)n2)cc(-c2ccc(NCc3ncnn3C)nc2)c1. The summed E-state index contributed by atoms with van der Waals surface area (Å²) in [5.41, 5.74) is 2.19. The van der Waals surface area contributed by atoms with E-state index in [2.05, 4.69) is 35.7 Å². The number of nitrogens with one attached hydrogen (secondary N) is 2. The van der Waals surface area contributed by atoms with Crippen LogP contribution >= 0.6 is 0 Å². The molecule has 0 fully saturated rings. The number of rotatable bonds is 6. The van der Waals surface area contributed by atoms with E-state index in [1.165, 1.54) is 6.33 Å². The van der Waals surface area contributed by atoms with E-state index in [0.717, 1.165) is 34.8 Å². The number of pyridine rings is 1. The number of nitrogens with zero attached hydrogens (tertiary/aromatic N) is 6. The van der Waals surface area contributed by atoms with Crippen molar-refractivity contribution in [3.63, 3.8) is 0 Å². The third kappa shape index (κ3) is 4.99. The van der Waals surface area contributed by atoms with E-state index in [0.29, 0.717) is 18.1 Å². The molecule has 0 aliphatic carbocycles. The first kappa shape index (κ1) is 21.2. The smallest absolute Gasteiger partial charge is 0.363 e. The molecule has 0 atom stereocenters. The van der Waals surface area contributed by atoms with E-state index in [1.54, 1.807) is 23.0 Å². The average Bonchev–Trinajstić information content (AvgIpc) is 3.16. The molecule has 0 saturated heterocycles. The molecule has 3 aromatic heterocycles. The van der Waals surface area contributed by atoms with Crippen LogP contribution in [0.25, 0.3) is 11.1 Å². The lowest BCUT2D eigenvalue weighted by Crippen LogP contribution is -2.10. The van der Waals surface area contributed by atoms with Gasteiger partial charge in [-0.1, -0.05) is 6.07 Å². The van der Waals surface area contributed by atoms with Gasteiger partial charge in [-0.15, -0.1) is 0 Å². The maximum absolute atomic E-state index is 12.9. The normalized spacial score (nSPS) is 11.4. The summed E-state index contributed by atoms with van der Waals surface area (Å²) < 4.78 is 40.4. The van der Waals surface area contributed by atoms with Gasteiger partial charge in [0, 0.05) is 30.7 Å². The third-order valence-electron chi connectivity index (χ3n) is 4.61. The molecule has 0 aliphatic rings. The van der Waals surface area contributed by atoms with Crippen LogP contribution in [0.1, 0.15) is 17.1 Å². The predicted molar refractivity (Wildman–Crippen MR) is 113 cm³/mol. The number of halogens is 3. The number of benzene rings is 1. The summed E-state index contributed by atoms with van der Waals surface area (Å²) in [7, 11) is 1.81. The van der Waals surface area contributed by atoms with Crippen molar-refractivity contribution in [1.82, 2.24) is 29.7 Å². The lowest BCUT2D eigenvalue weighted by atomic mass is 10.0. The first-order valence-corrected chi connectivity index (χ1v) is 9.60. The highest BCUT2D eigenvalue weighted by molar-refractivity contribution is 5.71. The van der Waals surface area contributed by atoms with Crippen LogP contribution in [-0.2, 0) is 19.8 Å². The Morgan fingerprint density at radius 3 is 2.53 bits per heavy atom. The van der Waals surface area contributed by atoms with Crippen molar-refractivity contribution in [2.45, 2.75) is 19.6 Å². The summed E-state index contributed by atoms with van der Waals surface area (Å²) >= 11 is 0. The Bertz CT molecular complexity index is 1220. The minimum Gasteiger partial charge on any atom is -0.363 e. The van der Waals surface area contributed by atoms with E-state index in [1.807, 2.05) is 32.2 Å². The monoisotopic (exact) mass is 440 g/mol. The molecule has 0 bridgehead atoms. The lowest BCUT2D eigenvalue weighted by molar-refractivity contribution is -0.141. The maximum Gasteiger partial charge on any atom is 0.433 e. The van der Waals surface area contributed by atoms with Crippen molar-refractivity contribution in [3.8, 4) is 11.1 Å². The van der Waals surface area contributed by atoms with Crippen molar-refractivity contribution < 1.29 is 13.2 Å². The summed E-state index contributed by atoms with van der Waals surface area (Å²) in [5.74, 6) is 1.33. The Balaban J connectivity index is 1.50. The van der Waals surface area contributed by atoms with Crippen LogP contribution in [0.4, 0.5) is 30.6 Å². The Kier molecular flexibility index (Phi) is 5.71. The molecule has 0 amide bonds. The van der Waals surface area contributed by atoms with Gasteiger partial charge in [0.25, 0.3) is 0 Å². The van der Waals surface area contributed by atoms with E-state index >= 15 is 0 Å². The van der Waals surface area contributed by atoms with Crippen molar-refractivity contribution in [1.29, 1.82) is 0 Å². The molecule has 164 valence electrons. The summed E-state index contributed by atoms with van der Waals surface area (Å²) in [6.45, 7) is 2.38. The van der Waals surface area contributed by atoms with Crippen LogP contribution in [0.2, 0.25) is 0 Å². The summed E-state index contributed by atoms with van der Waals surface area (Å²) in [6.07, 6.45) is -0.253. The van der Waals surface area contributed by atoms with Crippen LogP contribution in [0.15, 0.2) is 55.1 Å². The molecule has 8 nitrogen and oxygen atoms in total. The molecule has 3 heterocycles. The Morgan fingerprint density at radius 2 is 1.84 bits per heavy atom. The summed E-state index contributed by atoms with van der Waals surface area (Å²) in [6, 6.07) is 10.2. The van der Waals surface area contributed by atoms with E-state index in [9.17, 15) is 13.2 Å². The fourth-order valence-electron chi connectivity index (χ4n) is 3.05. The summed E-state index contributed by atoms with van der Waals surface area (Å²) in [5, 5.41) is 10.1. The van der Waals surface area contributed by atoms with E-state index in [4.69, 9.17) is 0 Å². The molecule has 0 aliphatic heterocycles. The van der Waals surface area contributed by atoms with Crippen molar-refractivity contribution in [2.24, 2.45) is 7.05 Å². The van der Waals surface area contributed by atoms with Crippen LogP contribution in [-0.4, -0.2) is 29.7 Å². The van der Waals surface area contributed by atoms with Crippen molar-refractivity contribution >= 4 is 17.5 Å². The number of hydrogen-bond donors (Lipinski definition) is 2. The molecule has 2 N–H and O–H groups in total. The van der Waals surface area contributed by atoms with Gasteiger partial charge in [0.2, 0.25) is 5.95 Å². The second-order valence-corrected chi connectivity index (χ2v) is 7.06. The van der Waals surface area contributed by atoms with E-state index < -0.39 is 11.9 Å². The van der Waals surface area contributed by atoms with Crippen LogP contribution in [0.3, 0.4) is 0 Å². The number of alkyl halides is 3. The first-order chi connectivity index (χ1) is 15.3. The third-order valence-corrected chi connectivity index (χ3v) is 4.61. The molecular weight excluding hydrogens is 421 g/mol. The first-order valence-electron chi connectivity index (χ1n) is 9.60. The highest BCUT2D eigenvalue weighted by Gasteiger charge is 2.32. The molecule has 0 saturated carbocycles. The molecule has 11 heteroatoms. The zero-order valence-electron chi connectivity index (χ0n) is 17.2. The molecule has 4 aromatic rings. The molecule has 1 aromatic carbocycles. The minimum absolute atomic E-state index is 0.127. The molecule has 0 unspecified atom stereocenters. The Morgan fingerprint density at radius 1 is 1.00 bits per heavy atom. The van der Waals surface area contributed by atoms with Crippen LogP contribution < -0.4 is 10.6 Å². The molecular formula is C21H19F3N8. The maximum atomic E-state index is 12.9. The van der Waals surface area contributed by atoms with Crippen molar-refractivity contribution in [2.75, 3.05) is 10.6 Å². The van der Waals surface area contributed by atoms with Crippen LogP contribution in [0, 0.1) is 6.92 Å². The molecule has 0 spiro atoms. The molecule has 4 rings (SSSR count). The minimum atomic E-state index is -4.54. The Labute approximate surface area is 181 Å². The highest BCUT2D eigenvalue weighted by atomic mass is 19.4. The molecule has 0 radical (unpaired) electrons. The number of aryl methyl sites for hydroxylation is 2. The van der Waals surface area contributed by atoms with Gasteiger partial charge in [-0.25, -0.2) is 19.9 Å². The van der Waals surface area contributed by atoms with Gasteiger partial charge in [0.05, 0.1) is 6.54 Å². The predicted octanol–water partition coefficient (Wildman–Crippen LogP) is 4.35. The van der Waals surface area contributed by atoms with Gasteiger partial charge in [-0.2, -0.15) is 18.3 Å². The van der Waals surface area contributed by atoms with Gasteiger partial charge in [0.1, 0.15) is 23.7 Å². The van der Waals surface area contributed by atoms with Gasteiger partial charge in [-0.3, -0.25) is 4.68 Å². The number of hydrogen-bond acceptors (Lipinski definition) is 7. The number of aromatic nitrogens is 6. The largest absolute Gasteiger partial charge is 0.433 e. The average molecular weight is 440 g/mol. The topological polar surface area (TPSA) is 93.4 Å². The second-order valence-electron chi connectivity index (χ2n) is 7.06. The summed E-state index contributed by atoms with van der Waals surface area (Å²) in [4.78, 5) is 16.0. The van der Waals surface area contributed by atoms with Crippen molar-refractivity contribution in [3.05, 3.63) is 72.2 Å². The fraction of sp³-hybridized carbons (Fsp3) is 0.190. The molecule has 32 heavy (non-hydrogen) atoms. The second kappa shape index (κ2) is 8.61. The lowest BCUT2D eigenvalue weighted by Gasteiger charge is -2.11. The Hall–Kier alpha value is -4.02. The van der Waals surface area contributed by atoms with Gasteiger partial charge in [-0.05, 0) is 48.4 Å². The fourth-order valence-corrected chi connectivity index (χ4v) is 3.05. The van der Waals surface area contributed by atoms with Gasteiger partial charge < -0.3 is 10.6 Å².